The van der Waals surface area contributed by atoms with Gasteiger partial charge in [0.1, 0.15) is 11.5 Å². The van der Waals surface area contributed by atoms with Crippen LogP contribution in [0.15, 0.2) is 17.5 Å². The molecule has 1 fully saturated rings. The van der Waals surface area contributed by atoms with Crippen molar-refractivity contribution >= 4 is 11.7 Å². The molecule has 1 saturated heterocycles. The first-order valence-corrected chi connectivity index (χ1v) is 6.25. The van der Waals surface area contributed by atoms with E-state index in [2.05, 4.69) is 20.0 Å². The monoisotopic (exact) mass is 248 g/mol. The molecule has 2 rings (SSSR count). The summed E-state index contributed by atoms with van der Waals surface area (Å²) < 4.78 is 0. The summed E-state index contributed by atoms with van der Waals surface area (Å²) >= 11 is 0. The molecule has 1 aliphatic rings. The fraction of sp³-hybridized carbons (Fsp3) is 0.583. The lowest BCUT2D eigenvalue weighted by molar-refractivity contribution is 0.437. The molecule has 0 bridgehead atoms. The van der Waals surface area contributed by atoms with E-state index in [1.165, 1.54) is 19.3 Å². The van der Waals surface area contributed by atoms with Crippen molar-refractivity contribution in [3.63, 3.8) is 0 Å². The maximum atomic E-state index is 5.88. The fourth-order valence-electron chi connectivity index (χ4n) is 2.02. The molecule has 2 N–H and O–H groups in total. The molecule has 6 heteroatoms. The number of nitrogens with two attached hydrogens (primary N) is 1. The number of amidine groups is 1. The largest absolute Gasteiger partial charge is 0.380 e. The molecule has 2 heterocycles. The quantitative estimate of drug-likeness (QED) is 0.483. The summed E-state index contributed by atoms with van der Waals surface area (Å²) in [5.74, 6) is 1.29. The molecule has 1 aliphatic heterocycles. The Bertz CT molecular complexity index is 422. The Hall–Kier alpha value is -1.85. The fourth-order valence-corrected chi connectivity index (χ4v) is 2.02. The van der Waals surface area contributed by atoms with Crippen LogP contribution in [0.3, 0.4) is 0 Å². The Kier molecular flexibility index (Phi) is 3.96. The Morgan fingerprint density at radius 3 is 2.67 bits per heavy atom. The third-order valence-corrected chi connectivity index (χ3v) is 2.87. The lowest BCUT2D eigenvalue weighted by atomic mass is 10.1. The normalized spacial score (nSPS) is 16.8. The van der Waals surface area contributed by atoms with Crippen LogP contribution in [0, 0.1) is 0 Å². The molecule has 1 aromatic heterocycles. The number of piperidine rings is 1. The Labute approximate surface area is 108 Å². The molecule has 18 heavy (non-hydrogen) atoms. The van der Waals surface area contributed by atoms with Gasteiger partial charge in [0.15, 0.2) is 5.84 Å². The van der Waals surface area contributed by atoms with Gasteiger partial charge in [0.05, 0.1) is 12.4 Å². The Balaban J connectivity index is 2.19. The Morgan fingerprint density at radius 2 is 2.00 bits per heavy atom. The molecule has 0 unspecified atom stereocenters. The van der Waals surface area contributed by atoms with Crippen molar-refractivity contribution in [3.05, 3.63) is 18.1 Å². The molecule has 0 aliphatic carbocycles. The molecular formula is C12H20N6. The SMILES string of the molecule is CN(C)/N=C(\N)c1cncc(N2CCCCC2)n1. The van der Waals surface area contributed by atoms with Crippen LogP contribution in [0.4, 0.5) is 5.82 Å². The smallest absolute Gasteiger partial charge is 0.171 e. The zero-order chi connectivity index (χ0) is 13.0. The standard InChI is InChI=1S/C12H20N6/c1-17(2)16-12(13)10-8-14-9-11(15-10)18-6-4-3-5-7-18/h8-9H,3-7H2,1-2H3,(H2,13,16). The number of rotatable bonds is 3. The van der Waals surface area contributed by atoms with Gasteiger partial charge in [-0.15, -0.1) is 0 Å². The lowest BCUT2D eigenvalue weighted by Crippen LogP contribution is -2.31. The van der Waals surface area contributed by atoms with Gasteiger partial charge in [0.25, 0.3) is 0 Å². The van der Waals surface area contributed by atoms with Crippen molar-refractivity contribution in [2.45, 2.75) is 19.3 Å². The highest BCUT2D eigenvalue weighted by Gasteiger charge is 2.13. The molecule has 1 aromatic rings. The summed E-state index contributed by atoms with van der Waals surface area (Å²) in [6.07, 6.45) is 7.17. The highest BCUT2D eigenvalue weighted by molar-refractivity contribution is 5.95. The highest BCUT2D eigenvalue weighted by Crippen LogP contribution is 2.16. The van der Waals surface area contributed by atoms with Crippen molar-refractivity contribution < 1.29 is 0 Å². The second kappa shape index (κ2) is 5.66. The van der Waals surface area contributed by atoms with Gasteiger partial charge in [-0.05, 0) is 19.3 Å². The van der Waals surface area contributed by atoms with E-state index in [4.69, 9.17) is 5.73 Å². The average Bonchev–Trinajstić information content (AvgIpc) is 2.39. The number of aromatic nitrogens is 2. The predicted molar refractivity (Wildman–Crippen MR) is 72.5 cm³/mol. The minimum atomic E-state index is 0.395. The van der Waals surface area contributed by atoms with Crippen LogP contribution >= 0.6 is 0 Å². The molecule has 0 radical (unpaired) electrons. The molecule has 0 aromatic carbocycles. The van der Waals surface area contributed by atoms with E-state index in [9.17, 15) is 0 Å². The van der Waals surface area contributed by atoms with E-state index < -0.39 is 0 Å². The summed E-state index contributed by atoms with van der Waals surface area (Å²) in [6.45, 7) is 2.09. The highest BCUT2D eigenvalue weighted by atomic mass is 15.4. The van der Waals surface area contributed by atoms with Crippen LogP contribution in [0.25, 0.3) is 0 Å². The molecule has 0 saturated carbocycles. The minimum absolute atomic E-state index is 0.395. The van der Waals surface area contributed by atoms with Gasteiger partial charge in [-0.3, -0.25) is 4.98 Å². The van der Waals surface area contributed by atoms with E-state index in [0.717, 1.165) is 18.9 Å². The zero-order valence-corrected chi connectivity index (χ0v) is 11.0. The molecular weight excluding hydrogens is 228 g/mol. The molecule has 0 spiro atoms. The lowest BCUT2D eigenvalue weighted by Gasteiger charge is -2.27. The van der Waals surface area contributed by atoms with Gasteiger partial charge in [-0.1, -0.05) is 0 Å². The third kappa shape index (κ3) is 3.09. The molecule has 6 nitrogen and oxygen atoms in total. The molecule has 98 valence electrons. The van der Waals surface area contributed by atoms with E-state index in [0.29, 0.717) is 11.5 Å². The number of hydrogen-bond acceptors (Lipinski definition) is 5. The van der Waals surface area contributed by atoms with Crippen molar-refractivity contribution in [1.82, 2.24) is 15.0 Å². The molecule has 0 amide bonds. The van der Waals surface area contributed by atoms with Gasteiger partial charge in [0.2, 0.25) is 0 Å². The van der Waals surface area contributed by atoms with Crippen LogP contribution < -0.4 is 10.6 Å². The van der Waals surface area contributed by atoms with Crippen LogP contribution in [0.5, 0.6) is 0 Å². The van der Waals surface area contributed by atoms with Crippen LogP contribution in [-0.2, 0) is 0 Å². The first-order valence-electron chi connectivity index (χ1n) is 6.25. The van der Waals surface area contributed by atoms with Gasteiger partial charge >= 0.3 is 0 Å². The summed E-state index contributed by atoms with van der Waals surface area (Å²) in [4.78, 5) is 11.0. The summed E-state index contributed by atoms with van der Waals surface area (Å²) in [5.41, 5.74) is 6.51. The van der Waals surface area contributed by atoms with Crippen molar-refractivity contribution in [3.8, 4) is 0 Å². The first-order chi connectivity index (χ1) is 8.66. The number of anilines is 1. The van der Waals surface area contributed by atoms with E-state index in [1.807, 2.05) is 14.1 Å². The minimum Gasteiger partial charge on any atom is -0.380 e. The summed E-state index contributed by atoms with van der Waals surface area (Å²) in [6, 6.07) is 0. The summed E-state index contributed by atoms with van der Waals surface area (Å²) in [5, 5.41) is 5.80. The maximum Gasteiger partial charge on any atom is 0.171 e. The average molecular weight is 248 g/mol. The van der Waals surface area contributed by atoms with E-state index in [-0.39, 0.29) is 0 Å². The topological polar surface area (TPSA) is 70.6 Å². The van der Waals surface area contributed by atoms with Gasteiger partial charge in [-0.25, -0.2) is 4.98 Å². The van der Waals surface area contributed by atoms with Crippen LogP contribution in [0.2, 0.25) is 0 Å². The van der Waals surface area contributed by atoms with Crippen molar-refractivity contribution in [2.24, 2.45) is 10.8 Å². The van der Waals surface area contributed by atoms with Gasteiger partial charge in [-0.2, -0.15) is 5.10 Å². The first kappa shape index (κ1) is 12.6. The van der Waals surface area contributed by atoms with Crippen molar-refractivity contribution in [1.29, 1.82) is 0 Å². The number of hydrogen-bond donors (Lipinski definition) is 1. The van der Waals surface area contributed by atoms with Gasteiger partial charge in [0, 0.05) is 27.2 Å². The third-order valence-electron chi connectivity index (χ3n) is 2.87. The van der Waals surface area contributed by atoms with Gasteiger partial charge < -0.3 is 15.6 Å². The summed E-state index contributed by atoms with van der Waals surface area (Å²) in [7, 11) is 3.66. The number of nitrogens with zero attached hydrogens (tertiary/aromatic N) is 5. The zero-order valence-electron chi connectivity index (χ0n) is 11.0. The van der Waals surface area contributed by atoms with E-state index in [1.54, 1.807) is 17.4 Å². The van der Waals surface area contributed by atoms with Crippen molar-refractivity contribution in [2.75, 3.05) is 32.1 Å². The van der Waals surface area contributed by atoms with Crippen LogP contribution in [0.1, 0.15) is 25.0 Å². The Morgan fingerprint density at radius 1 is 1.28 bits per heavy atom. The second-order valence-electron chi connectivity index (χ2n) is 4.64. The number of hydrazone groups is 1. The van der Waals surface area contributed by atoms with Crippen LogP contribution in [-0.4, -0.2) is 48.0 Å². The molecule has 0 atom stereocenters. The predicted octanol–water partition coefficient (Wildman–Crippen LogP) is 0.649. The maximum absolute atomic E-state index is 5.88. The second-order valence-corrected chi connectivity index (χ2v) is 4.64. The van der Waals surface area contributed by atoms with E-state index >= 15 is 0 Å².